The number of hydrazine groups is 2. The first kappa shape index (κ1) is 23.1. The van der Waals surface area contributed by atoms with Crippen LogP contribution in [0.1, 0.15) is 57.9 Å². The molecule has 1 aliphatic carbocycles. The van der Waals surface area contributed by atoms with Crippen LogP contribution in [-0.2, 0) is 10.2 Å². The number of furan rings is 1. The number of amidine groups is 1. The van der Waals surface area contributed by atoms with Crippen LogP contribution >= 0.6 is 0 Å². The minimum Gasteiger partial charge on any atom is -0.431 e. The molecule has 0 bridgehead atoms. The van der Waals surface area contributed by atoms with Crippen molar-refractivity contribution >= 4 is 22.6 Å². The fourth-order valence-corrected chi connectivity index (χ4v) is 6.68. The van der Waals surface area contributed by atoms with E-state index in [-0.39, 0.29) is 11.9 Å². The molecule has 4 heterocycles. The predicted octanol–water partition coefficient (Wildman–Crippen LogP) is 4.57. The minimum atomic E-state index is -0.607. The largest absolute Gasteiger partial charge is 0.431 e. The molecule has 3 aromatic rings. The summed E-state index contributed by atoms with van der Waals surface area (Å²) in [4.78, 5) is 19.4. The van der Waals surface area contributed by atoms with Crippen molar-refractivity contribution in [3.05, 3.63) is 48.1 Å². The molecule has 3 unspecified atom stereocenters. The highest BCUT2D eigenvalue weighted by Crippen LogP contribution is 2.43. The standard InChI is InChI=1S/C27H33FN6O2/c1-27(2,19-15-29-20-9-3-7-18(25(19)20)22-11-12-23(28)36-22)14-24(35)34-13-5-8-16-17(6-4-10-21(16)34)26-30-32-33-31-26/h3,7,9,11-12,15-17,21,29,32-33H,4-6,8,10,13-14H2,1-2H3,(H,30,31). The molecule has 1 amide bonds. The quantitative estimate of drug-likeness (QED) is 0.418. The predicted molar refractivity (Wildman–Crippen MR) is 136 cm³/mol. The van der Waals surface area contributed by atoms with E-state index in [1.165, 1.54) is 6.07 Å². The van der Waals surface area contributed by atoms with Crippen LogP contribution in [0, 0.1) is 17.8 Å². The number of nitrogens with one attached hydrogen (secondary N) is 4. The van der Waals surface area contributed by atoms with Gasteiger partial charge < -0.3 is 14.3 Å². The highest BCUT2D eigenvalue weighted by atomic mass is 19.1. The van der Waals surface area contributed by atoms with Crippen molar-refractivity contribution in [3.63, 3.8) is 0 Å². The zero-order valence-electron chi connectivity index (χ0n) is 20.7. The zero-order chi connectivity index (χ0) is 24.9. The molecule has 4 N–H and O–H groups in total. The summed E-state index contributed by atoms with van der Waals surface area (Å²) in [6.45, 7) is 5.04. The summed E-state index contributed by atoms with van der Waals surface area (Å²) in [5, 5.41) is 5.36. The van der Waals surface area contributed by atoms with Gasteiger partial charge in [0, 0.05) is 59.1 Å². The van der Waals surface area contributed by atoms with E-state index in [0.717, 1.165) is 66.5 Å². The molecule has 36 heavy (non-hydrogen) atoms. The van der Waals surface area contributed by atoms with E-state index in [1.54, 1.807) is 6.07 Å². The number of hydrogen-bond acceptors (Lipinski definition) is 6. The molecule has 3 atom stereocenters. The van der Waals surface area contributed by atoms with Crippen molar-refractivity contribution in [1.29, 1.82) is 0 Å². The van der Waals surface area contributed by atoms with Crippen molar-refractivity contribution in [2.45, 2.75) is 63.8 Å². The molecule has 3 aliphatic rings. The lowest BCUT2D eigenvalue weighted by Gasteiger charge is -2.48. The van der Waals surface area contributed by atoms with E-state index in [4.69, 9.17) is 4.42 Å². The van der Waals surface area contributed by atoms with Crippen LogP contribution in [0.5, 0.6) is 0 Å². The first-order valence-corrected chi connectivity index (χ1v) is 12.9. The van der Waals surface area contributed by atoms with E-state index in [9.17, 15) is 9.18 Å². The highest BCUT2D eigenvalue weighted by Gasteiger charge is 2.44. The number of fused-ring (bicyclic) bond motifs is 2. The number of halogens is 1. The van der Waals surface area contributed by atoms with Gasteiger partial charge in [0.1, 0.15) is 11.6 Å². The SMILES string of the molecule is CC(C)(CC(=O)N1CCCC2C(C3=NNNN3)CCCC21)c1c[nH]c2cccc(-c3ccc(F)o3)c12. The Balaban J connectivity index is 1.27. The van der Waals surface area contributed by atoms with Crippen LogP contribution in [0.15, 0.2) is 46.0 Å². The van der Waals surface area contributed by atoms with Crippen molar-refractivity contribution in [2.75, 3.05) is 6.54 Å². The molecule has 0 spiro atoms. The first-order valence-electron chi connectivity index (χ1n) is 12.9. The maximum atomic E-state index is 13.9. The number of likely N-dealkylation sites (tertiary alicyclic amines) is 1. The van der Waals surface area contributed by atoms with Gasteiger partial charge >= 0.3 is 0 Å². The smallest absolute Gasteiger partial charge is 0.278 e. The fraction of sp³-hybridized carbons (Fsp3) is 0.481. The Morgan fingerprint density at radius 1 is 1.19 bits per heavy atom. The Morgan fingerprint density at radius 3 is 2.86 bits per heavy atom. The number of amides is 1. The molecule has 0 radical (unpaired) electrons. The monoisotopic (exact) mass is 492 g/mol. The normalized spacial score (nSPS) is 24.2. The summed E-state index contributed by atoms with van der Waals surface area (Å²) in [5.41, 5.74) is 11.2. The van der Waals surface area contributed by atoms with Crippen molar-refractivity contribution in [3.8, 4) is 11.3 Å². The third-order valence-corrected chi connectivity index (χ3v) is 8.32. The number of rotatable bonds is 5. The van der Waals surface area contributed by atoms with E-state index >= 15 is 0 Å². The molecular weight excluding hydrogens is 459 g/mol. The van der Waals surface area contributed by atoms with Gasteiger partial charge in [0.15, 0.2) is 0 Å². The van der Waals surface area contributed by atoms with Crippen LogP contribution in [0.2, 0.25) is 0 Å². The number of aromatic nitrogens is 1. The van der Waals surface area contributed by atoms with Gasteiger partial charge in [-0.25, -0.2) is 5.53 Å². The number of carbonyl (C=O) groups excluding carboxylic acids is 1. The number of aromatic amines is 1. The zero-order valence-corrected chi connectivity index (χ0v) is 20.7. The highest BCUT2D eigenvalue weighted by molar-refractivity contribution is 5.97. The van der Waals surface area contributed by atoms with Gasteiger partial charge in [-0.3, -0.25) is 10.2 Å². The summed E-state index contributed by atoms with van der Waals surface area (Å²) < 4.78 is 19.0. The molecule has 1 saturated carbocycles. The first-order chi connectivity index (χ1) is 17.4. The maximum Gasteiger partial charge on any atom is 0.278 e. The van der Waals surface area contributed by atoms with Crippen molar-refractivity contribution in [1.82, 2.24) is 26.4 Å². The summed E-state index contributed by atoms with van der Waals surface area (Å²) >= 11 is 0. The van der Waals surface area contributed by atoms with Gasteiger partial charge in [0.05, 0.1) is 0 Å². The molecule has 9 heteroatoms. The van der Waals surface area contributed by atoms with Gasteiger partial charge in [-0.15, -0.1) is 10.6 Å². The van der Waals surface area contributed by atoms with E-state index in [1.807, 2.05) is 24.4 Å². The number of carbonyl (C=O) groups is 1. The molecule has 2 aromatic heterocycles. The Morgan fingerprint density at radius 2 is 2.08 bits per heavy atom. The van der Waals surface area contributed by atoms with E-state index in [2.05, 4.69) is 45.3 Å². The Kier molecular flexibility index (Phi) is 5.75. The van der Waals surface area contributed by atoms with Crippen LogP contribution in [0.25, 0.3) is 22.2 Å². The van der Waals surface area contributed by atoms with Crippen molar-refractivity contribution < 1.29 is 13.6 Å². The molecule has 2 fully saturated rings. The van der Waals surface area contributed by atoms with Crippen LogP contribution in [0.4, 0.5) is 4.39 Å². The second-order valence-electron chi connectivity index (χ2n) is 11.0. The average Bonchev–Trinajstić information content (AvgIpc) is 3.63. The molecule has 1 aromatic carbocycles. The lowest BCUT2D eigenvalue weighted by molar-refractivity contribution is -0.139. The third kappa shape index (κ3) is 3.95. The number of benzene rings is 1. The van der Waals surface area contributed by atoms with Crippen molar-refractivity contribution in [2.24, 2.45) is 16.9 Å². The third-order valence-electron chi connectivity index (χ3n) is 8.32. The molecule has 2 aliphatic heterocycles. The fourth-order valence-electron chi connectivity index (χ4n) is 6.68. The van der Waals surface area contributed by atoms with Gasteiger partial charge in [-0.2, -0.15) is 4.39 Å². The summed E-state index contributed by atoms with van der Waals surface area (Å²) in [6.07, 6.45) is 7.74. The summed E-state index contributed by atoms with van der Waals surface area (Å²) in [5.74, 6) is 2.39. The Labute approximate surface area is 209 Å². The second-order valence-corrected chi connectivity index (χ2v) is 11.0. The number of nitrogens with zero attached hydrogens (tertiary/aromatic N) is 2. The Bertz CT molecular complexity index is 1310. The lowest BCUT2D eigenvalue weighted by Crippen LogP contribution is -2.55. The molecule has 190 valence electrons. The van der Waals surface area contributed by atoms with Gasteiger partial charge in [-0.1, -0.05) is 32.4 Å². The van der Waals surface area contributed by atoms with Crippen LogP contribution in [0.3, 0.4) is 0 Å². The van der Waals surface area contributed by atoms with E-state index < -0.39 is 11.4 Å². The summed E-state index contributed by atoms with van der Waals surface area (Å²) in [7, 11) is 0. The number of H-pyrrole nitrogens is 1. The average molecular weight is 493 g/mol. The minimum absolute atomic E-state index is 0.198. The maximum absolute atomic E-state index is 13.9. The number of hydrazone groups is 1. The molecule has 6 rings (SSSR count). The van der Waals surface area contributed by atoms with Gasteiger partial charge in [0.25, 0.3) is 6.01 Å². The van der Waals surface area contributed by atoms with Gasteiger partial charge in [-0.05, 0) is 49.3 Å². The summed E-state index contributed by atoms with van der Waals surface area (Å²) in [6, 6.07) is 8.49. The number of hydrogen-bond donors (Lipinski definition) is 4. The molecule has 8 nitrogen and oxygen atoms in total. The van der Waals surface area contributed by atoms with Gasteiger partial charge in [0.2, 0.25) is 5.91 Å². The molecular formula is C27H33FN6O2. The second kappa shape index (κ2) is 8.96. The van der Waals surface area contributed by atoms with Crippen LogP contribution in [-0.4, -0.2) is 34.2 Å². The Hall–Kier alpha value is -3.33. The van der Waals surface area contributed by atoms with E-state index in [0.29, 0.717) is 24.0 Å². The van der Waals surface area contributed by atoms with Crippen LogP contribution < -0.4 is 16.5 Å². The number of piperidine rings is 1. The lowest BCUT2D eigenvalue weighted by atomic mass is 9.70. The topological polar surface area (TPSA) is 97.7 Å². The molecule has 1 saturated heterocycles.